The number of fused-ring (bicyclic) bond motifs is 1. The molecule has 2 aromatic rings. The number of hydrogen-bond donors (Lipinski definition) is 1. The molecule has 20 heavy (non-hydrogen) atoms. The first-order chi connectivity index (χ1) is 9.79. The van der Waals surface area contributed by atoms with Crippen LogP contribution in [0.5, 0.6) is 5.88 Å². The second-order valence-electron chi connectivity index (χ2n) is 4.56. The Kier molecular flexibility index (Phi) is 3.72. The van der Waals surface area contributed by atoms with Gasteiger partial charge in [-0.3, -0.25) is 0 Å². The molecular formula is C12H16N6OS. The maximum Gasteiger partial charge on any atom is 0.241 e. The van der Waals surface area contributed by atoms with Crippen LogP contribution < -0.4 is 10.5 Å². The van der Waals surface area contributed by atoms with Crippen LogP contribution >= 0.6 is 11.8 Å². The highest BCUT2D eigenvalue weighted by molar-refractivity contribution is 7.99. The van der Waals surface area contributed by atoms with E-state index >= 15 is 0 Å². The summed E-state index contributed by atoms with van der Waals surface area (Å²) in [6.07, 6.45) is 5.98. The van der Waals surface area contributed by atoms with E-state index in [1.165, 1.54) is 38.0 Å². The summed E-state index contributed by atoms with van der Waals surface area (Å²) >= 11 is 1.41. The third-order valence-electron chi connectivity index (χ3n) is 3.27. The van der Waals surface area contributed by atoms with E-state index in [-0.39, 0.29) is 0 Å². The predicted molar refractivity (Wildman–Crippen MR) is 74.7 cm³/mol. The number of aromatic nitrogens is 5. The Bertz CT molecular complexity index is 614. The van der Waals surface area contributed by atoms with E-state index in [1.54, 1.807) is 0 Å². The lowest BCUT2D eigenvalue weighted by Gasteiger charge is -2.08. The molecule has 3 heterocycles. The van der Waals surface area contributed by atoms with Crippen molar-refractivity contribution in [3.8, 4) is 5.88 Å². The minimum atomic E-state index is 0.387. The van der Waals surface area contributed by atoms with Gasteiger partial charge in [-0.15, -0.1) is 10.2 Å². The molecule has 0 saturated heterocycles. The SMILES string of the molecule is COc1ncnc(Sc2nnc3n2CCCCC3)c1N. The number of aryl methyl sites for hydroxylation is 1. The molecule has 0 aromatic carbocycles. The van der Waals surface area contributed by atoms with E-state index in [2.05, 4.69) is 24.7 Å². The van der Waals surface area contributed by atoms with Gasteiger partial charge in [0.25, 0.3) is 0 Å². The maximum absolute atomic E-state index is 5.99. The molecule has 0 bridgehead atoms. The van der Waals surface area contributed by atoms with Crippen LogP contribution in [0.4, 0.5) is 5.69 Å². The summed E-state index contributed by atoms with van der Waals surface area (Å²) in [5, 5.41) is 9.99. The van der Waals surface area contributed by atoms with Crippen LogP contribution in [0.15, 0.2) is 16.5 Å². The Balaban J connectivity index is 1.90. The van der Waals surface area contributed by atoms with Gasteiger partial charge in [-0.2, -0.15) is 4.98 Å². The molecule has 0 fully saturated rings. The van der Waals surface area contributed by atoms with Gasteiger partial charge in [0, 0.05) is 13.0 Å². The first-order valence-electron chi connectivity index (χ1n) is 6.54. The van der Waals surface area contributed by atoms with Crippen LogP contribution in [0.3, 0.4) is 0 Å². The Morgan fingerprint density at radius 2 is 2.15 bits per heavy atom. The number of hydrogen-bond acceptors (Lipinski definition) is 7. The second-order valence-corrected chi connectivity index (χ2v) is 5.52. The Hall–Kier alpha value is -1.83. The molecule has 0 aliphatic carbocycles. The Labute approximate surface area is 121 Å². The van der Waals surface area contributed by atoms with E-state index in [4.69, 9.17) is 10.5 Å². The fourth-order valence-corrected chi connectivity index (χ4v) is 3.09. The zero-order chi connectivity index (χ0) is 13.9. The summed E-state index contributed by atoms with van der Waals surface area (Å²) in [5.74, 6) is 1.43. The molecule has 106 valence electrons. The molecule has 0 amide bonds. The van der Waals surface area contributed by atoms with Gasteiger partial charge in [0.15, 0.2) is 5.16 Å². The summed E-state index contributed by atoms with van der Waals surface area (Å²) in [7, 11) is 1.54. The molecule has 7 nitrogen and oxygen atoms in total. The zero-order valence-electron chi connectivity index (χ0n) is 11.2. The molecule has 0 atom stereocenters. The minimum absolute atomic E-state index is 0.387. The molecule has 3 rings (SSSR count). The number of nitrogen functional groups attached to an aromatic ring is 1. The van der Waals surface area contributed by atoms with E-state index in [0.29, 0.717) is 16.6 Å². The topological polar surface area (TPSA) is 91.7 Å². The standard InChI is InChI=1S/C12H16N6OS/c1-19-10-9(13)11(15-7-14-10)20-12-17-16-8-5-3-2-4-6-18(8)12/h7H,2-6,13H2,1H3. The Morgan fingerprint density at radius 3 is 3.00 bits per heavy atom. The zero-order valence-corrected chi connectivity index (χ0v) is 12.1. The van der Waals surface area contributed by atoms with Gasteiger partial charge >= 0.3 is 0 Å². The summed E-state index contributed by atoms with van der Waals surface area (Å²) < 4.78 is 7.26. The van der Waals surface area contributed by atoms with Crippen LogP contribution in [0.1, 0.15) is 25.1 Å². The fraction of sp³-hybridized carbons (Fsp3) is 0.500. The third-order valence-corrected chi connectivity index (χ3v) is 4.27. The van der Waals surface area contributed by atoms with Gasteiger partial charge in [-0.1, -0.05) is 6.42 Å². The van der Waals surface area contributed by atoms with E-state index in [9.17, 15) is 0 Å². The average Bonchev–Trinajstić information content (AvgIpc) is 2.70. The van der Waals surface area contributed by atoms with Gasteiger partial charge < -0.3 is 15.0 Å². The number of methoxy groups -OCH3 is 1. The predicted octanol–water partition coefficient (Wildman–Crippen LogP) is 1.54. The highest BCUT2D eigenvalue weighted by atomic mass is 32.2. The van der Waals surface area contributed by atoms with Gasteiger partial charge in [0.2, 0.25) is 5.88 Å². The van der Waals surface area contributed by atoms with Crippen molar-refractivity contribution >= 4 is 17.4 Å². The molecule has 0 radical (unpaired) electrons. The van der Waals surface area contributed by atoms with Crippen molar-refractivity contribution in [2.75, 3.05) is 12.8 Å². The minimum Gasteiger partial charge on any atom is -0.479 e. The fourth-order valence-electron chi connectivity index (χ4n) is 2.23. The lowest BCUT2D eigenvalue weighted by atomic mass is 10.2. The maximum atomic E-state index is 5.99. The second kappa shape index (κ2) is 5.66. The van der Waals surface area contributed by atoms with Crippen LogP contribution in [0, 0.1) is 0 Å². The van der Waals surface area contributed by atoms with Crippen molar-refractivity contribution < 1.29 is 4.74 Å². The van der Waals surface area contributed by atoms with Crippen molar-refractivity contribution in [3.63, 3.8) is 0 Å². The quantitative estimate of drug-likeness (QED) is 0.858. The summed E-state index contributed by atoms with van der Waals surface area (Å²) in [5.41, 5.74) is 6.43. The van der Waals surface area contributed by atoms with Gasteiger partial charge in [-0.05, 0) is 24.6 Å². The highest BCUT2D eigenvalue weighted by Gasteiger charge is 2.18. The van der Waals surface area contributed by atoms with E-state index in [0.717, 1.165) is 30.4 Å². The number of rotatable bonds is 3. The molecule has 8 heteroatoms. The lowest BCUT2D eigenvalue weighted by Crippen LogP contribution is -2.03. The van der Waals surface area contributed by atoms with Crippen LogP contribution in [0.2, 0.25) is 0 Å². The Morgan fingerprint density at radius 1 is 1.25 bits per heavy atom. The van der Waals surface area contributed by atoms with Crippen LogP contribution in [-0.4, -0.2) is 31.8 Å². The largest absolute Gasteiger partial charge is 0.479 e. The summed E-state index contributed by atoms with van der Waals surface area (Å²) in [6.45, 7) is 0.951. The van der Waals surface area contributed by atoms with Crippen LogP contribution in [-0.2, 0) is 13.0 Å². The van der Waals surface area contributed by atoms with E-state index < -0.39 is 0 Å². The van der Waals surface area contributed by atoms with Gasteiger partial charge in [0.1, 0.15) is 22.9 Å². The van der Waals surface area contributed by atoms with Crippen molar-refractivity contribution in [2.45, 2.75) is 42.4 Å². The highest BCUT2D eigenvalue weighted by Crippen LogP contribution is 2.33. The monoisotopic (exact) mass is 292 g/mol. The average molecular weight is 292 g/mol. The van der Waals surface area contributed by atoms with Gasteiger partial charge in [-0.25, -0.2) is 4.98 Å². The molecule has 0 saturated carbocycles. The number of nitrogens with two attached hydrogens (primary N) is 1. The molecule has 0 unspecified atom stereocenters. The lowest BCUT2D eigenvalue weighted by molar-refractivity contribution is 0.397. The molecular weight excluding hydrogens is 276 g/mol. The van der Waals surface area contributed by atoms with Crippen molar-refractivity contribution in [3.05, 3.63) is 12.2 Å². The summed E-state index contributed by atoms with van der Waals surface area (Å²) in [6, 6.07) is 0. The first kappa shape index (κ1) is 13.2. The first-order valence-corrected chi connectivity index (χ1v) is 7.35. The third kappa shape index (κ3) is 2.43. The molecule has 2 aromatic heterocycles. The smallest absolute Gasteiger partial charge is 0.241 e. The number of nitrogens with zero attached hydrogens (tertiary/aromatic N) is 5. The molecule has 1 aliphatic heterocycles. The van der Waals surface area contributed by atoms with Crippen molar-refractivity contribution in [1.82, 2.24) is 24.7 Å². The van der Waals surface area contributed by atoms with Crippen molar-refractivity contribution in [1.29, 1.82) is 0 Å². The normalized spacial score (nSPS) is 14.7. The molecule has 2 N–H and O–H groups in total. The summed E-state index contributed by atoms with van der Waals surface area (Å²) in [4.78, 5) is 8.17. The van der Waals surface area contributed by atoms with Crippen molar-refractivity contribution in [2.24, 2.45) is 0 Å². The van der Waals surface area contributed by atoms with Crippen LogP contribution in [0.25, 0.3) is 0 Å². The molecule has 0 spiro atoms. The van der Waals surface area contributed by atoms with E-state index in [1.807, 2.05) is 0 Å². The number of anilines is 1. The molecule has 1 aliphatic rings. The van der Waals surface area contributed by atoms with Gasteiger partial charge in [0.05, 0.1) is 7.11 Å². The number of ether oxygens (including phenoxy) is 1.